The molecule has 0 bridgehead atoms. The molecule has 1 fully saturated rings. The number of amides is 1. The summed E-state index contributed by atoms with van der Waals surface area (Å²) in [5, 5.41) is 13.0. The van der Waals surface area contributed by atoms with Gasteiger partial charge >= 0.3 is 12.1 Å². The van der Waals surface area contributed by atoms with Gasteiger partial charge in [-0.2, -0.15) is 13.2 Å². The summed E-state index contributed by atoms with van der Waals surface area (Å²) >= 11 is 5.71. The fraction of sp³-hybridized carbons (Fsp3) is 0.364. The third-order valence-corrected chi connectivity index (χ3v) is 6.60. The number of carboxylic acid groups (broad SMARTS) is 1. The van der Waals surface area contributed by atoms with Crippen molar-refractivity contribution in [2.75, 3.05) is 42.3 Å². The molecule has 0 unspecified atom stereocenters. The zero-order valence-electron chi connectivity index (χ0n) is 19.5. The van der Waals surface area contributed by atoms with Crippen LogP contribution >= 0.6 is 11.6 Å². The van der Waals surface area contributed by atoms with Gasteiger partial charge in [-0.3, -0.25) is 9.52 Å². The number of hydrogen-bond acceptors (Lipinski definition) is 6. The minimum Gasteiger partial charge on any atom is -0.475 e. The summed E-state index contributed by atoms with van der Waals surface area (Å²) in [5.74, 6) is -3.73. The van der Waals surface area contributed by atoms with Crippen LogP contribution in [-0.4, -0.2) is 64.3 Å². The quantitative estimate of drug-likeness (QED) is 0.377. The molecule has 1 heterocycles. The van der Waals surface area contributed by atoms with Crippen LogP contribution < -0.4 is 20.3 Å². The van der Waals surface area contributed by atoms with Crippen molar-refractivity contribution in [1.82, 2.24) is 10.6 Å². The number of alkyl halides is 3. The lowest BCUT2D eigenvalue weighted by Gasteiger charge is -2.31. The lowest BCUT2D eigenvalue weighted by molar-refractivity contribution is -0.192. The lowest BCUT2D eigenvalue weighted by Crippen LogP contribution is -2.44. The van der Waals surface area contributed by atoms with Gasteiger partial charge in [0.05, 0.1) is 15.5 Å². The summed E-state index contributed by atoms with van der Waals surface area (Å²) in [6.07, 6.45) is -4.30. The number of carbonyl (C=O) groups excluding carboxylic acids is 1. The van der Waals surface area contributed by atoms with E-state index in [1.807, 2.05) is 6.92 Å². The monoisotopic (exact) mass is 568 g/mol. The Morgan fingerprint density at radius 1 is 1.14 bits per heavy atom. The largest absolute Gasteiger partial charge is 0.490 e. The molecule has 1 amide bonds. The first kappa shape index (κ1) is 30.1. The van der Waals surface area contributed by atoms with E-state index in [9.17, 15) is 30.8 Å². The van der Waals surface area contributed by atoms with Crippen LogP contribution in [0.4, 0.5) is 28.9 Å². The molecule has 37 heavy (non-hydrogen) atoms. The molecule has 9 nitrogen and oxygen atoms in total. The Balaban J connectivity index is 0.000000604. The highest BCUT2D eigenvalue weighted by Gasteiger charge is 2.38. The van der Waals surface area contributed by atoms with Crippen LogP contribution in [0.15, 0.2) is 41.3 Å². The summed E-state index contributed by atoms with van der Waals surface area (Å²) in [5.41, 5.74) is 1.37. The van der Waals surface area contributed by atoms with E-state index in [1.54, 1.807) is 12.1 Å². The number of halogens is 5. The number of nitrogens with zero attached hydrogens (tertiary/aromatic N) is 1. The van der Waals surface area contributed by atoms with Gasteiger partial charge in [0.15, 0.2) is 0 Å². The normalized spacial score (nSPS) is 13.8. The first-order chi connectivity index (χ1) is 17.3. The highest BCUT2D eigenvalue weighted by Crippen LogP contribution is 2.27. The standard InChI is InChI=1S/C20H24ClFN4O3S.C2HF3O2/c1-2-7-24-20(27)16-12-14(3-6-19(16)26-10-8-23-9-11-26)25-30(28,29)15-4-5-18(22)17(21)13-15;3-2(4,5)1(6)7/h3-6,12-13,23,25H,2,7-11H2,1H3,(H,24,27);(H,6,7). The van der Waals surface area contributed by atoms with Gasteiger partial charge in [-0.1, -0.05) is 18.5 Å². The number of rotatable bonds is 7. The van der Waals surface area contributed by atoms with Gasteiger partial charge in [-0.25, -0.2) is 17.6 Å². The van der Waals surface area contributed by atoms with Crippen molar-refractivity contribution < 1.29 is 40.7 Å². The first-order valence-corrected chi connectivity index (χ1v) is 12.8. The predicted molar refractivity (Wildman–Crippen MR) is 130 cm³/mol. The second kappa shape index (κ2) is 12.9. The highest BCUT2D eigenvalue weighted by atomic mass is 35.5. The highest BCUT2D eigenvalue weighted by molar-refractivity contribution is 7.92. The first-order valence-electron chi connectivity index (χ1n) is 10.9. The summed E-state index contributed by atoms with van der Waals surface area (Å²) in [6.45, 7) is 5.56. The molecule has 0 aromatic heterocycles. The van der Waals surface area contributed by atoms with Gasteiger partial charge in [-0.05, 0) is 42.8 Å². The van der Waals surface area contributed by atoms with E-state index in [0.29, 0.717) is 12.1 Å². The summed E-state index contributed by atoms with van der Waals surface area (Å²) in [4.78, 5) is 23.6. The molecular weight excluding hydrogens is 544 g/mol. The van der Waals surface area contributed by atoms with Crippen molar-refractivity contribution in [3.05, 3.63) is 52.8 Å². The zero-order valence-corrected chi connectivity index (χ0v) is 21.1. The fourth-order valence-corrected chi connectivity index (χ4v) is 4.48. The Morgan fingerprint density at radius 3 is 2.30 bits per heavy atom. The van der Waals surface area contributed by atoms with Crippen LogP contribution in [0.5, 0.6) is 0 Å². The van der Waals surface area contributed by atoms with E-state index in [2.05, 4.69) is 20.3 Å². The molecule has 1 aliphatic heterocycles. The molecule has 2 aromatic carbocycles. The number of hydrogen-bond donors (Lipinski definition) is 4. The number of carbonyl (C=O) groups is 2. The average molecular weight is 569 g/mol. The molecule has 3 rings (SSSR count). The molecule has 1 saturated heterocycles. The molecule has 15 heteroatoms. The van der Waals surface area contributed by atoms with Gasteiger partial charge in [0.2, 0.25) is 0 Å². The maximum atomic E-state index is 13.4. The van der Waals surface area contributed by atoms with Crippen molar-refractivity contribution in [2.24, 2.45) is 0 Å². The summed E-state index contributed by atoms with van der Waals surface area (Å²) in [7, 11) is -4.01. The number of aliphatic carboxylic acids is 1. The van der Waals surface area contributed by atoms with Crippen LogP contribution in [0.2, 0.25) is 5.02 Å². The second-order valence-corrected chi connectivity index (χ2v) is 9.80. The van der Waals surface area contributed by atoms with Crippen molar-refractivity contribution in [3.63, 3.8) is 0 Å². The van der Waals surface area contributed by atoms with Crippen molar-refractivity contribution in [3.8, 4) is 0 Å². The molecule has 204 valence electrons. The molecule has 1 aliphatic rings. The van der Waals surface area contributed by atoms with E-state index in [-0.39, 0.29) is 21.5 Å². The van der Waals surface area contributed by atoms with E-state index in [1.165, 1.54) is 6.07 Å². The van der Waals surface area contributed by atoms with E-state index < -0.39 is 28.0 Å². The smallest absolute Gasteiger partial charge is 0.475 e. The van der Waals surface area contributed by atoms with E-state index in [4.69, 9.17) is 21.5 Å². The molecule has 0 aliphatic carbocycles. The molecule has 0 spiro atoms. The van der Waals surface area contributed by atoms with Gasteiger partial charge in [0.25, 0.3) is 15.9 Å². The molecular formula is C22H25ClF4N4O5S. The van der Waals surface area contributed by atoms with Crippen LogP contribution in [0.1, 0.15) is 23.7 Å². The van der Waals surface area contributed by atoms with Crippen LogP contribution in [-0.2, 0) is 14.8 Å². The molecule has 2 aromatic rings. The molecule has 0 saturated carbocycles. The summed E-state index contributed by atoms with van der Waals surface area (Å²) in [6, 6.07) is 8.04. The Bertz CT molecular complexity index is 1220. The minimum absolute atomic E-state index is 0.169. The lowest BCUT2D eigenvalue weighted by atomic mass is 10.1. The minimum atomic E-state index is -5.08. The number of piperazine rings is 1. The number of benzene rings is 2. The third-order valence-electron chi connectivity index (χ3n) is 4.93. The van der Waals surface area contributed by atoms with Crippen LogP contribution in [0.25, 0.3) is 0 Å². The Hall–Kier alpha value is -3.10. The molecule has 4 N–H and O–H groups in total. The van der Waals surface area contributed by atoms with Crippen molar-refractivity contribution in [1.29, 1.82) is 0 Å². The van der Waals surface area contributed by atoms with Gasteiger partial charge < -0.3 is 20.6 Å². The molecule has 0 radical (unpaired) electrons. The number of nitrogens with one attached hydrogen (secondary N) is 3. The van der Waals surface area contributed by atoms with Gasteiger partial charge in [0.1, 0.15) is 5.82 Å². The number of anilines is 2. The zero-order chi connectivity index (χ0) is 27.8. The Labute approximate surface area is 215 Å². The topological polar surface area (TPSA) is 128 Å². The number of sulfonamides is 1. The average Bonchev–Trinajstić information content (AvgIpc) is 2.84. The van der Waals surface area contributed by atoms with E-state index >= 15 is 0 Å². The summed E-state index contributed by atoms with van der Waals surface area (Å²) < 4.78 is 72.9. The van der Waals surface area contributed by atoms with E-state index in [0.717, 1.165) is 56.5 Å². The molecule has 0 atom stereocenters. The fourth-order valence-electron chi connectivity index (χ4n) is 3.15. The van der Waals surface area contributed by atoms with Gasteiger partial charge in [0, 0.05) is 44.1 Å². The van der Waals surface area contributed by atoms with Crippen molar-refractivity contribution in [2.45, 2.75) is 24.4 Å². The van der Waals surface area contributed by atoms with Crippen LogP contribution in [0.3, 0.4) is 0 Å². The Kier molecular flexibility index (Phi) is 10.5. The number of carboxylic acids is 1. The Morgan fingerprint density at radius 2 is 1.76 bits per heavy atom. The predicted octanol–water partition coefficient (Wildman–Crippen LogP) is 3.46. The third kappa shape index (κ3) is 8.76. The second-order valence-electron chi connectivity index (χ2n) is 7.71. The van der Waals surface area contributed by atoms with Crippen LogP contribution in [0, 0.1) is 5.82 Å². The van der Waals surface area contributed by atoms with Crippen molar-refractivity contribution >= 4 is 44.9 Å². The van der Waals surface area contributed by atoms with Gasteiger partial charge in [-0.15, -0.1) is 0 Å². The maximum absolute atomic E-state index is 13.4. The maximum Gasteiger partial charge on any atom is 0.490 e. The SMILES string of the molecule is CCCNC(=O)c1cc(NS(=O)(=O)c2ccc(F)c(Cl)c2)ccc1N1CCNCC1.O=C(O)C(F)(F)F.